The summed E-state index contributed by atoms with van der Waals surface area (Å²) in [6, 6.07) is 0.452. The fraction of sp³-hybridized carbons (Fsp3) is 0.560. The maximum atomic E-state index is 13.9. The molecule has 0 radical (unpaired) electrons. The first kappa shape index (κ1) is 30.9. The lowest BCUT2D eigenvalue weighted by Gasteiger charge is -2.46. The number of nitrogens with zero attached hydrogens (tertiary/aromatic N) is 4. The lowest BCUT2D eigenvalue weighted by atomic mass is 9.89. The molecule has 2 aromatic heterocycles. The lowest BCUT2D eigenvalue weighted by Crippen LogP contribution is -2.56. The monoisotopic (exact) mass is 634 g/mol. The molecular weight excluding hydrogens is 605 g/mol. The fourth-order valence-electron chi connectivity index (χ4n) is 5.26. The highest BCUT2D eigenvalue weighted by Gasteiger charge is 2.52. The Morgan fingerprint density at radius 3 is 2.48 bits per heavy atom. The third-order valence-electron chi connectivity index (χ3n) is 7.68. The van der Waals surface area contributed by atoms with Crippen LogP contribution in [0.1, 0.15) is 35.4 Å². The molecule has 0 spiro atoms. The largest absolute Gasteiger partial charge is 0.394 e. The van der Waals surface area contributed by atoms with Crippen LogP contribution in [0, 0.1) is 24.4 Å². The van der Waals surface area contributed by atoms with Crippen molar-refractivity contribution >= 4 is 21.6 Å². The Morgan fingerprint density at radius 1 is 1.24 bits per heavy atom. The van der Waals surface area contributed by atoms with E-state index in [9.17, 15) is 36.9 Å². The highest BCUT2D eigenvalue weighted by molar-refractivity contribution is 8.00. The summed E-state index contributed by atoms with van der Waals surface area (Å²) in [6.07, 6.45) is -1.03. The summed E-state index contributed by atoms with van der Waals surface area (Å²) in [5, 5.41) is 44.1. The number of methoxy groups -OCH3 is 1. The van der Waals surface area contributed by atoms with E-state index >= 15 is 0 Å². The van der Waals surface area contributed by atoms with Crippen molar-refractivity contribution in [3.8, 4) is 11.3 Å². The van der Waals surface area contributed by atoms with E-state index < -0.39 is 74.5 Å². The average Bonchev–Trinajstić information content (AvgIpc) is 3.61. The maximum absolute atomic E-state index is 13.9. The molecule has 2 fully saturated rings. The highest BCUT2D eigenvalue weighted by atomic mass is 32.2. The predicted octanol–water partition coefficient (Wildman–Crippen LogP) is 1.71. The Labute approximate surface area is 242 Å². The molecule has 3 N–H and O–H groups in total. The second kappa shape index (κ2) is 11.9. The van der Waals surface area contributed by atoms with Crippen LogP contribution in [0.3, 0.4) is 0 Å². The molecule has 17 heteroatoms. The van der Waals surface area contributed by atoms with E-state index in [0.717, 1.165) is 23.9 Å². The van der Waals surface area contributed by atoms with Crippen LogP contribution in [0.4, 0.5) is 13.2 Å². The molecule has 0 aliphatic carbocycles. The van der Waals surface area contributed by atoms with Crippen molar-refractivity contribution in [1.82, 2.24) is 20.2 Å². The first-order valence-electron chi connectivity index (χ1n) is 12.9. The molecule has 4 heterocycles. The molecule has 3 aromatic rings. The standard InChI is InChI=1S/C25H29F3N4O8S2/c1-12-11-39-30-19(12)23(25(35)3-5-42(36,37)6-4-25)41-24-22(38-2)20(21(34)17(10-33)40-24)32-9-16(29-31-32)13-7-14(26)18(28)15(27)8-13/h7-9,11,17,20-24,33-35H,3-6,10H2,1-2H3/t17-,20+,21+,22-,23-,24+/m1/s1. The smallest absolute Gasteiger partial charge is 0.194 e. The number of rotatable bonds is 8. The van der Waals surface area contributed by atoms with E-state index in [-0.39, 0.29) is 35.6 Å². The first-order valence-corrected chi connectivity index (χ1v) is 15.7. The van der Waals surface area contributed by atoms with Gasteiger partial charge in [0.05, 0.1) is 35.2 Å². The molecule has 12 nitrogen and oxygen atoms in total. The van der Waals surface area contributed by atoms with Crippen LogP contribution in [-0.4, -0.2) is 98.5 Å². The summed E-state index contributed by atoms with van der Waals surface area (Å²) in [5.41, 5.74) is -1.68. The summed E-state index contributed by atoms with van der Waals surface area (Å²) in [6.45, 7) is 1.11. The molecule has 1 aromatic carbocycles. The van der Waals surface area contributed by atoms with Crippen LogP contribution in [0.25, 0.3) is 11.3 Å². The molecule has 0 amide bonds. The number of benzene rings is 1. The number of thioether (sulfide) groups is 1. The van der Waals surface area contributed by atoms with Crippen LogP contribution >= 0.6 is 11.8 Å². The predicted molar refractivity (Wildman–Crippen MR) is 141 cm³/mol. The van der Waals surface area contributed by atoms with Crippen LogP contribution in [0.15, 0.2) is 29.1 Å². The van der Waals surface area contributed by atoms with Gasteiger partial charge in [0.1, 0.15) is 47.4 Å². The highest BCUT2D eigenvalue weighted by Crippen LogP contribution is 2.50. The third-order valence-corrected chi connectivity index (χ3v) is 10.9. The minimum Gasteiger partial charge on any atom is -0.394 e. The zero-order chi connectivity index (χ0) is 30.4. The maximum Gasteiger partial charge on any atom is 0.194 e. The van der Waals surface area contributed by atoms with E-state index in [1.54, 1.807) is 6.92 Å². The molecular formula is C25H29F3N4O8S2. The summed E-state index contributed by atoms with van der Waals surface area (Å²) in [5.74, 6) is -4.93. The number of sulfone groups is 1. The molecule has 5 rings (SSSR count). The van der Waals surface area contributed by atoms with Crippen molar-refractivity contribution < 1.29 is 50.9 Å². The van der Waals surface area contributed by atoms with Crippen molar-refractivity contribution in [2.45, 2.75) is 60.4 Å². The Morgan fingerprint density at radius 2 is 1.90 bits per heavy atom. The van der Waals surface area contributed by atoms with E-state index in [1.807, 2.05) is 0 Å². The van der Waals surface area contributed by atoms with E-state index in [1.165, 1.54) is 24.3 Å². The number of halogens is 3. The molecule has 230 valence electrons. The third kappa shape index (κ3) is 5.82. The number of aryl methyl sites for hydroxylation is 1. The van der Waals surface area contributed by atoms with Crippen molar-refractivity contribution in [2.75, 3.05) is 25.2 Å². The fourth-order valence-corrected chi connectivity index (χ4v) is 8.55. The van der Waals surface area contributed by atoms with Crippen LogP contribution in [0.5, 0.6) is 0 Å². The minimum absolute atomic E-state index is 0.0279. The quantitative estimate of drug-likeness (QED) is 0.307. The molecule has 2 saturated heterocycles. The van der Waals surface area contributed by atoms with Crippen molar-refractivity contribution in [3.05, 3.63) is 53.3 Å². The summed E-state index contributed by atoms with van der Waals surface area (Å²) in [4.78, 5) is 0. The topological polar surface area (TPSA) is 170 Å². The first-order chi connectivity index (χ1) is 19.9. The Balaban J connectivity index is 1.50. The van der Waals surface area contributed by atoms with E-state index in [4.69, 9.17) is 14.0 Å². The summed E-state index contributed by atoms with van der Waals surface area (Å²) >= 11 is 1.06. The molecule has 0 unspecified atom stereocenters. The van der Waals surface area contributed by atoms with Gasteiger partial charge in [-0.15, -0.1) is 16.9 Å². The van der Waals surface area contributed by atoms with Gasteiger partial charge in [0.15, 0.2) is 27.3 Å². The average molecular weight is 635 g/mol. The Hall–Kier alpha value is -2.54. The van der Waals surface area contributed by atoms with Gasteiger partial charge in [-0.1, -0.05) is 10.4 Å². The molecule has 2 aliphatic heterocycles. The Kier molecular flexibility index (Phi) is 8.73. The van der Waals surface area contributed by atoms with Crippen molar-refractivity contribution in [1.29, 1.82) is 0 Å². The van der Waals surface area contributed by atoms with Crippen molar-refractivity contribution in [3.63, 3.8) is 0 Å². The SMILES string of the molecule is CO[C@@H]1[C@@H](n2cc(-c3cc(F)c(F)c(F)c3)nn2)[C@@H](O)[C@@H](CO)O[C@H]1S[C@H](c1nocc1C)C1(O)CCS(=O)(=O)CC1. The van der Waals surface area contributed by atoms with Crippen molar-refractivity contribution in [2.24, 2.45) is 0 Å². The molecule has 6 atom stereocenters. The number of aromatic nitrogens is 4. The van der Waals surface area contributed by atoms with Gasteiger partial charge >= 0.3 is 0 Å². The summed E-state index contributed by atoms with van der Waals surface area (Å²) < 4.78 is 83.6. The lowest BCUT2D eigenvalue weighted by molar-refractivity contribution is -0.186. The molecule has 0 saturated carbocycles. The van der Waals surface area contributed by atoms with Crippen LogP contribution in [0.2, 0.25) is 0 Å². The van der Waals surface area contributed by atoms with Gasteiger partial charge < -0.3 is 29.3 Å². The number of hydrogen-bond acceptors (Lipinski definition) is 12. The normalized spacial score (nSPS) is 28.0. The molecule has 2 aliphatic rings. The van der Waals surface area contributed by atoms with Crippen LogP contribution < -0.4 is 0 Å². The molecule has 0 bridgehead atoms. The second-order valence-electron chi connectivity index (χ2n) is 10.4. The second-order valence-corrected chi connectivity index (χ2v) is 13.9. The van der Waals surface area contributed by atoms with Gasteiger partial charge in [-0.2, -0.15) is 0 Å². The minimum atomic E-state index is -3.33. The van der Waals surface area contributed by atoms with E-state index in [0.29, 0.717) is 11.3 Å². The number of aliphatic hydroxyl groups is 3. The number of aliphatic hydroxyl groups excluding tert-OH is 2. The van der Waals surface area contributed by atoms with Gasteiger partial charge in [0, 0.05) is 18.2 Å². The van der Waals surface area contributed by atoms with Crippen LogP contribution in [-0.2, 0) is 19.3 Å². The Bertz CT molecular complexity index is 1500. The number of ether oxygens (including phenoxy) is 2. The molecule has 42 heavy (non-hydrogen) atoms. The number of hydrogen-bond donors (Lipinski definition) is 3. The van der Waals surface area contributed by atoms with Gasteiger partial charge in [-0.3, -0.25) is 0 Å². The summed E-state index contributed by atoms with van der Waals surface area (Å²) in [7, 11) is -1.98. The zero-order valence-electron chi connectivity index (χ0n) is 22.4. The van der Waals surface area contributed by atoms with Gasteiger partial charge in [0.25, 0.3) is 0 Å². The van der Waals surface area contributed by atoms with Gasteiger partial charge in [0.2, 0.25) is 0 Å². The van der Waals surface area contributed by atoms with Gasteiger partial charge in [-0.05, 0) is 31.9 Å². The van der Waals surface area contributed by atoms with E-state index in [2.05, 4.69) is 15.5 Å². The zero-order valence-corrected chi connectivity index (χ0v) is 24.1. The van der Waals surface area contributed by atoms with Gasteiger partial charge in [-0.25, -0.2) is 26.3 Å².